The lowest BCUT2D eigenvalue weighted by atomic mass is 10.2. The average molecular weight is 383 g/mol. The Morgan fingerprint density at radius 2 is 2.00 bits per heavy atom. The van der Waals surface area contributed by atoms with Gasteiger partial charge in [0.1, 0.15) is 11.5 Å². The first-order chi connectivity index (χ1) is 13.6. The molecule has 3 aromatic rings. The number of benzene rings is 1. The van der Waals surface area contributed by atoms with E-state index in [1.54, 1.807) is 19.1 Å². The maximum atomic E-state index is 11.4. The van der Waals surface area contributed by atoms with Crippen LogP contribution in [0, 0.1) is 17.0 Å². The fourth-order valence-electron chi connectivity index (χ4n) is 2.80. The Morgan fingerprint density at radius 1 is 1.14 bits per heavy atom. The smallest absolute Gasteiger partial charge is 0.332 e. The summed E-state index contributed by atoms with van der Waals surface area (Å²) in [7, 11) is 0. The molecule has 4 rings (SSSR count). The molecule has 1 aliphatic heterocycles. The maximum absolute atomic E-state index is 11.4. The molecule has 2 N–H and O–H groups in total. The summed E-state index contributed by atoms with van der Waals surface area (Å²) in [6.07, 6.45) is 1.54. The van der Waals surface area contributed by atoms with E-state index < -0.39 is 4.92 Å². The fourth-order valence-corrected chi connectivity index (χ4v) is 2.80. The van der Waals surface area contributed by atoms with Gasteiger partial charge in [0.25, 0.3) is 0 Å². The van der Waals surface area contributed by atoms with E-state index in [4.69, 9.17) is 13.9 Å². The van der Waals surface area contributed by atoms with Gasteiger partial charge in [0.2, 0.25) is 18.6 Å². The van der Waals surface area contributed by atoms with Crippen molar-refractivity contribution in [3.05, 3.63) is 63.7 Å². The zero-order valence-corrected chi connectivity index (χ0v) is 15.0. The van der Waals surface area contributed by atoms with Crippen LogP contribution >= 0.6 is 0 Å². The van der Waals surface area contributed by atoms with Crippen LogP contribution in [-0.2, 0) is 13.1 Å². The van der Waals surface area contributed by atoms with E-state index in [1.807, 2.05) is 18.2 Å². The van der Waals surface area contributed by atoms with E-state index in [0.717, 1.165) is 5.56 Å². The molecule has 0 saturated carbocycles. The van der Waals surface area contributed by atoms with E-state index in [9.17, 15) is 10.1 Å². The van der Waals surface area contributed by atoms with Gasteiger partial charge in [-0.1, -0.05) is 6.07 Å². The number of furan rings is 1. The predicted octanol–water partition coefficient (Wildman–Crippen LogP) is 3.24. The minimum Gasteiger partial charge on any atom is -0.467 e. The summed E-state index contributed by atoms with van der Waals surface area (Å²) in [6, 6.07) is 9.11. The highest BCUT2D eigenvalue weighted by Crippen LogP contribution is 2.33. The van der Waals surface area contributed by atoms with Crippen LogP contribution in [-0.4, -0.2) is 21.7 Å². The second kappa shape index (κ2) is 7.43. The summed E-state index contributed by atoms with van der Waals surface area (Å²) in [5, 5.41) is 17.5. The number of fused-ring (bicyclic) bond motifs is 1. The SMILES string of the molecule is Cc1nc(NCc2ccc3c(c2)OCO3)nc(NCc2ccco2)c1[N+](=O)[O-]. The van der Waals surface area contributed by atoms with E-state index in [1.165, 1.54) is 6.26 Å². The van der Waals surface area contributed by atoms with Crippen molar-refractivity contribution in [2.75, 3.05) is 17.4 Å². The van der Waals surface area contributed by atoms with Gasteiger partial charge in [-0.2, -0.15) is 4.98 Å². The predicted molar refractivity (Wildman–Crippen MR) is 99.3 cm³/mol. The van der Waals surface area contributed by atoms with Gasteiger partial charge in [0, 0.05) is 6.54 Å². The van der Waals surface area contributed by atoms with Gasteiger partial charge >= 0.3 is 5.69 Å². The van der Waals surface area contributed by atoms with E-state index in [0.29, 0.717) is 23.8 Å². The van der Waals surface area contributed by atoms with Gasteiger partial charge in [0.15, 0.2) is 11.5 Å². The lowest BCUT2D eigenvalue weighted by molar-refractivity contribution is -0.385. The van der Waals surface area contributed by atoms with Crippen molar-refractivity contribution in [3.63, 3.8) is 0 Å². The number of aromatic nitrogens is 2. The summed E-state index contributed by atoms with van der Waals surface area (Å²) < 4.78 is 15.9. The minimum absolute atomic E-state index is 0.127. The minimum atomic E-state index is -0.499. The van der Waals surface area contributed by atoms with Gasteiger partial charge in [0.05, 0.1) is 17.7 Å². The Bertz CT molecular complexity index is 1010. The Morgan fingerprint density at radius 3 is 2.79 bits per heavy atom. The number of ether oxygens (including phenoxy) is 2. The Labute approximate surface area is 159 Å². The molecule has 0 fully saturated rings. The Balaban J connectivity index is 1.52. The molecule has 0 unspecified atom stereocenters. The van der Waals surface area contributed by atoms with Crippen LogP contribution < -0.4 is 20.1 Å². The molecule has 3 heterocycles. The molecule has 0 amide bonds. The fraction of sp³-hybridized carbons (Fsp3) is 0.222. The van der Waals surface area contributed by atoms with Crippen LogP contribution in [0.25, 0.3) is 0 Å². The molecule has 10 heteroatoms. The monoisotopic (exact) mass is 383 g/mol. The second-order valence-electron chi connectivity index (χ2n) is 6.06. The molecule has 28 heavy (non-hydrogen) atoms. The molecule has 0 aliphatic carbocycles. The van der Waals surface area contributed by atoms with Crippen LogP contribution in [0.5, 0.6) is 11.5 Å². The Hall–Kier alpha value is -3.82. The number of aryl methyl sites for hydroxylation is 1. The molecule has 10 nitrogen and oxygen atoms in total. The van der Waals surface area contributed by atoms with Crippen molar-refractivity contribution in [2.45, 2.75) is 20.0 Å². The number of nitro groups is 1. The van der Waals surface area contributed by atoms with Gasteiger partial charge in [-0.25, -0.2) is 4.98 Å². The standard InChI is InChI=1S/C18H17N5O5/c1-11-16(23(24)25)17(19-9-13-3-2-6-26-13)22-18(21-11)20-8-12-4-5-14-15(7-12)28-10-27-14/h2-7H,8-10H2,1H3,(H2,19,20,21,22). The molecule has 0 spiro atoms. The van der Waals surface area contributed by atoms with Crippen LogP contribution in [0.15, 0.2) is 41.0 Å². The highest BCUT2D eigenvalue weighted by molar-refractivity contribution is 5.61. The molecule has 1 aromatic carbocycles. The summed E-state index contributed by atoms with van der Waals surface area (Å²) in [5.74, 6) is 2.43. The molecule has 1 aliphatic rings. The summed E-state index contributed by atoms with van der Waals surface area (Å²) in [4.78, 5) is 19.4. The van der Waals surface area contributed by atoms with Gasteiger partial charge < -0.3 is 24.5 Å². The average Bonchev–Trinajstić information content (AvgIpc) is 3.35. The van der Waals surface area contributed by atoms with Crippen molar-refractivity contribution in [2.24, 2.45) is 0 Å². The maximum Gasteiger partial charge on any atom is 0.332 e. The molecule has 2 aromatic heterocycles. The first-order valence-corrected chi connectivity index (χ1v) is 8.52. The van der Waals surface area contributed by atoms with Crippen molar-refractivity contribution in [3.8, 4) is 11.5 Å². The zero-order chi connectivity index (χ0) is 19.5. The van der Waals surface area contributed by atoms with Crippen molar-refractivity contribution >= 4 is 17.5 Å². The molecular formula is C18H17N5O5. The van der Waals surface area contributed by atoms with Crippen molar-refractivity contribution in [1.82, 2.24) is 9.97 Å². The highest BCUT2D eigenvalue weighted by Gasteiger charge is 2.22. The first kappa shape index (κ1) is 17.6. The topological polar surface area (TPSA) is 125 Å². The lowest BCUT2D eigenvalue weighted by Gasteiger charge is -2.10. The zero-order valence-electron chi connectivity index (χ0n) is 15.0. The molecule has 0 atom stereocenters. The molecule has 0 saturated heterocycles. The molecular weight excluding hydrogens is 366 g/mol. The van der Waals surface area contributed by atoms with Crippen molar-refractivity contribution < 1.29 is 18.8 Å². The third kappa shape index (κ3) is 3.65. The largest absolute Gasteiger partial charge is 0.467 e. The second-order valence-corrected chi connectivity index (χ2v) is 6.06. The highest BCUT2D eigenvalue weighted by atomic mass is 16.7. The number of anilines is 2. The third-order valence-electron chi connectivity index (χ3n) is 4.14. The molecule has 144 valence electrons. The van der Waals surface area contributed by atoms with E-state index >= 15 is 0 Å². The first-order valence-electron chi connectivity index (χ1n) is 8.52. The molecule has 0 radical (unpaired) electrons. The number of hydrogen-bond donors (Lipinski definition) is 2. The Kier molecular flexibility index (Phi) is 4.67. The number of rotatable bonds is 7. The van der Waals surface area contributed by atoms with Crippen LogP contribution in [0.1, 0.15) is 17.0 Å². The number of hydrogen-bond acceptors (Lipinski definition) is 9. The lowest BCUT2D eigenvalue weighted by Crippen LogP contribution is -2.11. The third-order valence-corrected chi connectivity index (χ3v) is 4.14. The van der Waals surface area contributed by atoms with Crippen LogP contribution in [0.3, 0.4) is 0 Å². The van der Waals surface area contributed by atoms with Gasteiger partial charge in [-0.05, 0) is 36.8 Å². The van der Waals surface area contributed by atoms with E-state index in [2.05, 4.69) is 20.6 Å². The van der Waals surface area contributed by atoms with Crippen LogP contribution in [0.4, 0.5) is 17.5 Å². The van der Waals surface area contributed by atoms with Gasteiger partial charge in [-0.3, -0.25) is 10.1 Å². The van der Waals surface area contributed by atoms with Crippen LogP contribution in [0.2, 0.25) is 0 Å². The van der Waals surface area contributed by atoms with Crippen molar-refractivity contribution in [1.29, 1.82) is 0 Å². The number of nitrogens with zero attached hydrogens (tertiary/aromatic N) is 3. The van der Waals surface area contributed by atoms with Gasteiger partial charge in [-0.15, -0.1) is 0 Å². The molecule has 0 bridgehead atoms. The summed E-state index contributed by atoms with van der Waals surface area (Å²) in [6.45, 7) is 2.47. The normalized spacial score (nSPS) is 12.0. The summed E-state index contributed by atoms with van der Waals surface area (Å²) >= 11 is 0. The summed E-state index contributed by atoms with van der Waals surface area (Å²) in [5.41, 5.74) is 1.03. The number of nitrogens with one attached hydrogen (secondary N) is 2. The van der Waals surface area contributed by atoms with E-state index in [-0.39, 0.29) is 36.5 Å². The quantitative estimate of drug-likeness (QED) is 0.467.